The maximum absolute atomic E-state index is 12.4. The van der Waals surface area contributed by atoms with Gasteiger partial charge in [0.05, 0.1) is 19.3 Å². The van der Waals surface area contributed by atoms with Crippen LogP contribution in [0, 0.1) is 5.92 Å². The zero-order chi connectivity index (χ0) is 18.3. The lowest BCUT2D eigenvalue weighted by Crippen LogP contribution is -2.31. The summed E-state index contributed by atoms with van der Waals surface area (Å²) in [7, 11) is 1.67. The molecule has 3 unspecified atom stereocenters. The first-order valence-corrected chi connectivity index (χ1v) is 9.08. The number of benzene rings is 1. The van der Waals surface area contributed by atoms with Gasteiger partial charge in [-0.2, -0.15) is 5.10 Å². The number of nitrogens with one attached hydrogen (secondary N) is 3. The number of rotatable bonds is 4. The van der Waals surface area contributed by atoms with Crippen LogP contribution in [0.4, 0.5) is 5.82 Å². The maximum Gasteiger partial charge on any atom is 0.226 e. The fourth-order valence-electron chi connectivity index (χ4n) is 4.07. The molecule has 138 valence electrons. The van der Waals surface area contributed by atoms with Crippen LogP contribution in [-0.4, -0.2) is 29.3 Å². The number of hydrazine groups is 1. The molecule has 3 heterocycles. The average Bonchev–Trinajstić information content (AvgIpc) is 3.28. The predicted octanol–water partition coefficient (Wildman–Crippen LogP) is 2.36. The normalized spacial score (nSPS) is 25.2. The van der Waals surface area contributed by atoms with Gasteiger partial charge in [0.25, 0.3) is 0 Å². The van der Waals surface area contributed by atoms with E-state index in [1.54, 1.807) is 7.11 Å². The monoisotopic (exact) mass is 355 g/mol. The molecule has 0 aliphatic carbocycles. The summed E-state index contributed by atoms with van der Waals surface area (Å²) in [5.41, 5.74) is 8.98. The van der Waals surface area contributed by atoms with E-state index in [-0.39, 0.29) is 29.8 Å². The van der Waals surface area contributed by atoms with Crippen molar-refractivity contribution in [1.82, 2.24) is 20.6 Å². The fourth-order valence-corrected chi connectivity index (χ4v) is 4.07. The van der Waals surface area contributed by atoms with E-state index in [4.69, 9.17) is 4.74 Å². The van der Waals surface area contributed by atoms with Crippen molar-refractivity contribution in [3.8, 4) is 5.75 Å². The molecule has 7 heteroatoms. The molecule has 3 atom stereocenters. The average molecular weight is 355 g/mol. The fraction of sp³-hybridized carbons (Fsp3) is 0.474. The van der Waals surface area contributed by atoms with E-state index in [9.17, 15) is 4.79 Å². The lowest BCUT2D eigenvalue weighted by atomic mass is 9.77. The third-order valence-electron chi connectivity index (χ3n) is 5.39. The maximum atomic E-state index is 12.4. The van der Waals surface area contributed by atoms with Gasteiger partial charge in [-0.25, -0.2) is 10.1 Å². The van der Waals surface area contributed by atoms with Gasteiger partial charge in [0.15, 0.2) is 0 Å². The number of anilines is 1. The first kappa shape index (κ1) is 17.1. The largest absolute Gasteiger partial charge is 0.497 e. The second-order valence-electron chi connectivity index (χ2n) is 7.29. The molecule has 1 saturated heterocycles. The highest BCUT2D eigenvalue weighted by atomic mass is 16.5. The van der Waals surface area contributed by atoms with Crippen molar-refractivity contribution in [2.24, 2.45) is 5.92 Å². The number of hydrogen-bond acceptors (Lipinski definition) is 5. The van der Waals surface area contributed by atoms with Crippen molar-refractivity contribution in [2.45, 2.75) is 38.3 Å². The molecule has 26 heavy (non-hydrogen) atoms. The number of fused-ring (bicyclic) bond motifs is 1. The van der Waals surface area contributed by atoms with Gasteiger partial charge in [0, 0.05) is 36.4 Å². The molecule has 3 N–H and O–H groups in total. The van der Waals surface area contributed by atoms with Crippen molar-refractivity contribution >= 4 is 11.7 Å². The molecular formula is C19H25N5O2. The highest BCUT2D eigenvalue weighted by Gasteiger charge is 2.40. The first-order valence-electron chi connectivity index (χ1n) is 9.08. The van der Waals surface area contributed by atoms with E-state index < -0.39 is 0 Å². The van der Waals surface area contributed by atoms with E-state index >= 15 is 0 Å². The summed E-state index contributed by atoms with van der Waals surface area (Å²) < 4.78 is 7.16. The van der Waals surface area contributed by atoms with Crippen LogP contribution >= 0.6 is 0 Å². The molecule has 0 bridgehead atoms. The third kappa shape index (κ3) is 2.87. The van der Waals surface area contributed by atoms with Crippen LogP contribution in [0.1, 0.15) is 49.4 Å². The Morgan fingerprint density at radius 1 is 1.27 bits per heavy atom. The Hall–Kier alpha value is -2.38. The SMILES string of the molecule is COc1ccc(C2NNCC2C2CC(=O)Nc3c2cnn3C(C)C)cc1. The Morgan fingerprint density at radius 3 is 2.73 bits per heavy atom. The molecule has 1 amide bonds. The number of amides is 1. The molecule has 4 rings (SSSR count). The van der Waals surface area contributed by atoms with Gasteiger partial charge in [0.2, 0.25) is 5.91 Å². The Morgan fingerprint density at radius 2 is 2.04 bits per heavy atom. The number of aromatic nitrogens is 2. The van der Waals surface area contributed by atoms with E-state index in [0.29, 0.717) is 6.42 Å². The lowest BCUT2D eigenvalue weighted by Gasteiger charge is -2.31. The van der Waals surface area contributed by atoms with Gasteiger partial charge < -0.3 is 10.1 Å². The number of carbonyl (C=O) groups excluding carboxylic acids is 1. The first-order chi connectivity index (χ1) is 12.6. The predicted molar refractivity (Wildman–Crippen MR) is 99.0 cm³/mol. The van der Waals surface area contributed by atoms with Gasteiger partial charge in [-0.05, 0) is 31.5 Å². The number of ether oxygens (including phenoxy) is 1. The van der Waals surface area contributed by atoms with Gasteiger partial charge in [-0.15, -0.1) is 0 Å². The summed E-state index contributed by atoms with van der Waals surface area (Å²) in [6.07, 6.45) is 2.40. The van der Waals surface area contributed by atoms with Gasteiger partial charge in [-0.1, -0.05) is 12.1 Å². The second kappa shape index (κ2) is 6.74. The second-order valence-corrected chi connectivity index (χ2v) is 7.29. The van der Waals surface area contributed by atoms with Gasteiger partial charge >= 0.3 is 0 Å². The summed E-state index contributed by atoms with van der Waals surface area (Å²) in [6, 6.07) is 8.45. The molecule has 0 saturated carbocycles. The molecule has 2 aromatic rings. The van der Waals surface area contributed by atoms with Crippen LogP contribution < -0.4 is 20.9 Å². The highest BCUT2D eigenvalue weighted by molar-refractivity contribution is 5.93. The van der Waals surface area contributed by atoms with Crippen molar-refractivity contribution in [2.75, 3.05) is 19.0 Å². The van der Waals surface area contributed by atoms with E-state index in [2.05, 4.69) is 47.2 Å². The summed E-state index contributed by atoms with van der Waals surface area (Å²) in [5.74, 6) is 2.14. The molecule has 0 radical (unpaired) electrons. The van der Waals surface area contributed by atoms with Crippen LogP contribution in [0.5, 0.6) is 5.75 Å². The minimum Gasteiger partial charge on any atom is -0.497 e. The molecular weight excluding hydrogens is 330 g/mol. The van der Waals surface area contributed by atoms with Crippen LogP contribution in [0.15, 0.2) is 30.5 Å². The summed E-state index contributed by atoms with van der Waals surface area (Å²) >= 11 is 0. The molecule has 1 aromatic heterocycles. The molecule has 2 aliphatic rings. The van der Waals surface area contributed by atoms with Crippen molar-refractivity contribution < 1.29 is 9.53 Å². The van der Waals surface area contributed by atoms with Crippen molar-refractivity contribution in [3.63, 3.8) is 0 Å². The highest BCUT2D eigenvalue weighted by Crippen LogP contribution is 2.44. The smallest absolute Gasteiger partial charge is 0.226 e. The molecule has 1 fully saturated rings. The minimum absolute atomic E-state index is 0.0604. The number of carbonyl (C=O) groups is 1. The lowest BCUT2D eigenvalue weighted by molar-refractivity contribution is -0.117. The Kier molecular flexibility index (Phi) is 4.42. The van der Waals surface area contributed by atoms with Crippen LogP contribution in [0.25, 0.3) is 0 Å². The molecule has 2 aliphatic heterocycles. The summed E-state index contributed by atoms with van der Waals surface area (Å²) in [5, 5.41) is 7.54. The van der Waals surface area contributed by atoms with E-state index in [0.717, 1.165) is 23.7 Å². The number of methoxy groups -OCH3 is 1. The number of nitrogens with zero attached hydrogens (tertiary/aromatic N) is 2. The standard InChI is InChI=1S/C19H25N5O2/c1-11(2)24-19-16(10-21-24)14(8-17(25)22-19)15-9-20-23-18(15)12-4-6-13(26-3)7-5-12/h4-7,10-11,14-15,18,20,23H,8-9H2,1-3H3,(H,22,25). The van der Waals surface area contributed by atoms with Crippen LogP contribution in [0.2, 0.25) is 0 Å². The minimum atomic E-state index is 0.0604. The molecule has 0 spiro atoms. The third-order valence-corrected chi connectivity index (χ3v) is 5.39. The zero-order valence-corrected chi connectivity index (χ0v) is 15.3. The Labute approximate surface area is 153 Å². The number of hydrogen-bond donors (Lipinski definition) is 3. The Balaban J connectivity index is 1.67. The van der Waals surface area contributed by atoms with Gasteiger partial charge in [0.1, 0.15) is 11.6 Å². The van der Waals surface area contributed by atoms with Gasteiger partial charge in [-0.3, -0.25) is 10.2 Å². The quantitative estimate of drug-likeness (QED) is 0.785. The zero-order valence-electron chi connectivity index (χ0n) is 15.3. The van der Waals surface area contributed by atoms with E-state index in [1.807, 2.05) is 23.0 Å². The molecule has 1 aromatic carbocycles. The van der Waals surface area contributed by atoms with Crippen molar-refractivity contribution in [1.29, 1.82) is 0 Å². The Bertz CT molecular complexity index is 799. The van der Waals surface area contributed by atoms with Crippen molar-refractivity contribution in [3.05, 3.63) is 41.6 Å². The van der Waals surface area contributed by atoms with Crippen LogP contribution in [-0.2, 0) is 4.79 Å². The van der Waals surface area contributed by atoms with E-state index in [1.165, 1.54) is 5.56 Å². The van der Waals surface area contributed by atoms with Crippen LogP contribution in [0.3, 0.4) is 0 Å². The topological polar surface area (TPSA) is 80.2 Å². The molecule has 7 nitrogen and oxygen atoms in total. The summed E-state index contributed by atoms with van der Waals surface area (Å²) in [6.45, 7) is 4.95. The summed E-state index contributed by atoms with van der Waals surface area (Å²) in [4.78, 5) is 12.4.